The lowest BCUT2D eigenvalue weighted by molar-refractivity contribution is 0.0952. The number of hydrogen-bond acceptors (Lipinski definition) is 3. The predicted molar refractivity (Wildman–Crippen MR) is 106 cm³/mol. The first kappa shape index (κ1) is 19.1. The molecule has 4 nitrogen and oxygen atoms in total. The lowest BCUT2D eigenvalue weighted by Crippen LogP contribution is -2.26. The number of allylic oxidation sites excluding steroid dienone is 3. The number of carbonyl (C=O) groups excluding carboxylic acids is 1. The minimum Gasteiger partial charge on any atom is -0.375 e. The van der Waals surface area contributed by atoms with Crippen LogP contribution in [0.1, 0.15) is 53.6 Å². The third-order valence-corrected chi connectivity index (χ3v) is 5.26. The zero-order valence-corrected chi connectivity index (χ0v) is 15.8. The van der Waals surface area contributed by atoms with E-state index in [-0.39, 0.29) is 11.8 Å². The number of amides is 1. The molecule has 1 heterocycles. The lowest BCUT2D eigenvalue weighted by atomic mass is 9.79. The van der Waals surface area contributed by atoms with Gasteiger partial charge in [0.1, 0.15) is 0 Å². The minimum atomic E-state index is -0.315. The summed E-state index contributed by atoms with van der Waals surface area (Å²) in [7, 11) is 0. The molecule has 1 aromatic carbocycles. The molecule has 0 aromatic heterocycles. The summed E-state index contributed by atoms with van der Waals surface area (Å²) in [5, 5.41) is 12.2. The van der Waals surface area contributed by atoms with Gasteiger partial charge in [0.25, 0.3) is 5.91 Å². The van der Waals surface area contributed by atoms with Gasteiger partial charge < -0.3 is 10.1 Å². The summed E-state index contributed by atoms with van der Waals surface area (Å²) in [5.74, 6) is 0.163. The van der Waals surface area contributed by atoms with Crippen molar-refractivity contribution in [1.29, 1.82) is 5.26 Å². The average Bonchev–Trinajstić information content (AvgIpc) is 2.64. The van der Waals surface area contributed by atoms with Crippen LogP contribution in [0.4, 0.5) is 0 Å². The van der Waals surface area contributed by atoms with Crippen molar-refractivity contribution in [2.75, 3.05) is 13.2 Å². The van der Waals surface area contributed by atoms with Crippen molar-refractivity contribution in [3.8, 4) is 6.07 Å². The fourth-order valence-electron chi connectivity index (χ4n) is 3.49. The van der Waals surface area contributed by atoms with Gasteiger partial charge in [-0.2, -0.15) is 5.26 Å². The molecule has 4 heteroatoms. The van der Waals surface area contributed by atoms with Crippen molar-refractivity contribution in [1.82, 2.24) is 5.32 Å². The molecule has 1 saturated carbocycles. The maximum Gasteiger partial charge on any atom is 0.251 e. The van der Waals surface area contributed by atoms with E-state index in [4.69, 9.17) is 4.74 Å². The Balaban J connectivity index is 1.64. The maximum atomic E-state index is 12.5. The van der Waals surface area contributed by atoms with Crippen LogP contribution in [0.25, 0.3) is 0 Å². The van der Waals surface area contributed by atoms with Crippen molar-refractivity contribution in [2.24, 2.45) is 5.92 Å². The highest BCUT2D eigenvalue weighted by Crippen LogP contribution is 2.34. The number of fused-ring (bicyclic) bond motifs is 1. The third-order valence-electron chi connectivity index (χ3n) is 5.26. The molecular formula is C23H26N2O2. The molecule has 0 bridgehead atoms. The second kappa shape index (κ2) is 8.83. The van der Waals surface area contributed by atoms with Crippen LogP contribution in [-0.2, 0) is 11.3 Å². The first-order valence-electron chi connectivity index (χ1n) is 9.52. The molecule has 2 aliphatic rings. The van der Waals surface area contributed by atoms with E-state index >= 15 is 0 Å². The lowest BCUT2D eigenvalue weighted by Gasteiger charge is -2.27. The van der Waals surface area contributed by atoms with Crippen LogP contribution in [0, 0.1) is 17.2 Å². The third kappa shape index (κ3) is 4.56. The minimum absolute atomic E-state index is 0.147. The van der Waals surface area contributed by atoms with Crippen LogP contribution >= 0.6 is 0 Å². The number of hydrogen-bond donors (Lipinski definition) is 1. The second-order valence-corrected chi connectivity index (χ2v) is 7.22. The largest absolute Gasteiger partial charge is 0.375 e. The van der Waals surface area contributed by atoms with Crippen molar-refractivity contribution in [2.45, 2.75) is 38.7 Å². The van der Waals surface area contributed by atoms with Gasteiger partial charge in [-0.05, 0) is 60.1 Å². The summed E-state index contributed by atoms with van der Waals surface area (Å²) >= 11 is 0. The summed E-state index contributed by atoms with van der Waals surface area (Å²) in [5.41, 5.74) is 4.64. The van der Waals surface area contributed by atoms with Crippen LogP contribution < -0.4 is 5.32 Å². The Morgan fingerprint density at radius 2 is 2.26 bits per heavy atom. The normalized spacial score (nSPS) is 19.9. The van der Waals surface area contributed by atoms with E-state index in [1.165, 1.54) is 24.8 Å². The van der Waals surface area contributed by atoms with E-state index in [9.17, 15) is 10.1 Å². The number of rotatable bonds is 6. The Hall–Kier alpha value is -2.64. The van der Waals surface area contributed by atoms with Gasteiger partial charge in [-0.15, -0.1) is 0 Å². The van der Waals surface area contributed by atoms with Gasteiger partial charge in [0.15, 0.2) is 0 Å². The highest BCUT2D eigenvalue weighted by atomic mass is 16.5. The van der Waals surface area contributed by atoms with Gasteiger partial charge in [0.05, 0.1) is 25.2 Å². The highest BCUT2D eigenvalue weighted by Gasteiger charge is 2.22. The van der Waals surface area contributed by atoms with E-state index in [0.717, 1.165) is 16.7 Å². The molecule has 1 amide bonds. The summed E-state index contributed by atoms with van der Waals surface area (Å²) in [6.45, 7) is 7.40. The molecule has 0 radical (unpaired) electrons. The summed E-state index contributed by atoms with van der Waals surface area (Å²) in [6, 6.07) is 7.73. The van der Waals surface area contributed by atoms with Crippen molar-refractivity contribution in [3.05, 3.63) is 70.8 Å². The van der Waals surface area contributed by atoms with Crippen LogP contribution in [0.3, 0.4) is 0 Å². The molecule has 27 heavy (non-hydrogen) atoms. The molecule has 1 aliphatic heterocycles. The van der Waals surface area contributed by atoms with Gasteiger partial charge in [-0.25, -0.2) is 0 Å². The van der Waals surface area contributed by atoms with E-state index in [1.807, 2.05) is 19.1 Å². The van der Waals surface area contributed by atoms with Crippen LogP contribution in [0.5, 0.6) is 0 Å². The second-order valence-electron chi connectivity index (χ2n) is 7.22. The number of nitrogens with one attached hydrogen (secondary N) is 1. The average molecular weight is 362 g/mol. The van der Waals surface area contributed by atoms with E-state index < -0.39 is 0 Å². The summed E-state index contributed by atoms with van der Waals surface area (Å²) in [6.07, 6.45) is 10.0. The smallest absolute Gasteiger partial charge is 0.251 e. The van der Waals surface area contributed by atoms with Gasteiger partial charge in [0.2, 0.25) is 0 Å². The first-order chi connectivity index (χ1) is 13.1. The molecule has 1 fully saturated rings. The number of nitriles is 1. The van der Waals surface area contributed by atoms with Gasteiger partial charge >= 0.3 is 0 Å². The zero-order chi connectivity index (χ0) is 19.2. The topological polar surface area (TPSA) is 62.1 Å². The first-order valence-corrected chi connectivity index (χ1v) is 9.52. The number of ether oxygens (including phenoxy) is 1. The molecule has 0 saturated heterocycles. The maximum absolute atomic E-state index is 12.5. The van der Waals surface area contributed by atoms with E-state index in [2.05, 4.69) is 36.2 Å². The predicted octanol–water partition coefficient (Wildman–Crippen LogP) is 4.41. The Kier molecular flexibility index (Phi) is 6.26. The Labute approximate surface area is 161 Å². The molecule has 1 atom stereocenters. The molecule has 1 unspecified atom stereocenters. The SMILES string of the molecule is C=C(/C=C(\C=C/C)C1CCC1)CNC(=O)c1ccc2c(c1)C(C#N)COC2. The van der Waals surface area contributed by atoms with Crippen LogP contribution in [0.2, 0.25) is 0 Å². The molecular weight excluding hydrogens is 336 g/mol. The number of carbonyl (C=O) groups is 1. The number of nitrogens with zero attached hydrogens (tertiary/aromatic N) is 1. The van der Waals surface area contributed by atoms with Crippen molar-refractivity contribution >= 4 is 5.91 Å². The Bertz CT molecular complexity index is 825. The molecule has 140 valence electrons. The van der Waals surface area contributed by atoms with Crippen LogP contribution in [-0.4, -0.2) is 19.1 Å². The van der Waals surface area contributed by atoms with Gasteiger partial charge in [-0.1, -0.05) is 37.3 Å². The van der Waals surface area contributed by atoms with Crippen molar-refractivity contribution < 1.29 is 9.53 Å². The zero-order valence-electron chi connectivity index (χ0n) is 15.8. The molecule has 1 N–H and O–H groups in total. The number of benzene rings is 1. The fraction of sp³-hybridized carbons (Fsp3) is 0.391. The molecule has 0 spiro atoms. The van der Waals surface area contributed by atoms with Gasteiger partial charge in [0, 0.05) is 12.1 Å². The quantitative estimate of drug-likeness (QED) is 0.762. The fourth-order valence-corrected chi connectivity index (χ4v) is 3.49. The monoisotopic (exact) mass is 362 g/mol. The molecule has 1 aromatic rings. The van der Waals surface area contributed by atoms with Crippen molar-refractivity contribution in [3.63, 3.8) is 0 Å². The van der Waals surface area contributed by atoms with E-state index in [1.54, 1.807) is 6.07 Å². The van der Waals surface area contributed by atoms with E-state index in [0.29, 0.717) is 31.2 Å². The summed E-state index contributed by atoms with van der Waals surface area (Å²) < 4.78 is 5.42. The standard InChI is InChI=1S/C23H26N2O2/c1-3-5-18(17-6-4-7-17)10-16(2)13-25-23(26)19-8-9-20-14-27-15-21(12-24)22(20)11-19/h3,5,8-11,17,21H,2,4,6-7,13-15H2,1H3,(H,25,26)/b5-3-,18-10+. The Morgan fingerprint density at radius 3 is 2.93 bits per heavy atom. The Morgan fingerprint density at radius 1 is 1.44 bits per heavy atom. The van der Waals surface area contributed by atoms with Crippen LogP contribution in [0.15, 0.2) is 54.2 Å². The molecule has 3 rings (SSSR count). The summed E-state index contributed by atoms with van der Waals surface area (Å²) in [4.78, 5) is 12.5. The molecule has 1 aliphatic carbocycles. The van der Waals surface area contributed by atoms with Gasteiger partial charge in [-0.3, -0.25) is 4.79 Å². The highest BCUT2D eigenvalue weighted by molar-refractivity contribution is 5.94.